The Bertz CT molecular complexity index is 821. The zero-order valence-corrected chi connectivity index (χ0v) is 14.2. The van der Waals surface area contributed by atoms with Gasteiger partial charge in [0.2, 0.25) is 5.95 Å². The Morgan fingerprint density at radius 3 is 2.52 bits per heavy atom. The summed E-state index contributed by atoms with van der Waals surface area (Å²) in [6.07, 6.45) is 0. The number of aryl methyl sites for hydroxylation is 2. The van der Waals surface area contributed by atoms with Gasteiger partial charge in [0.25, 0.3) is 0 Å². The molecule has 0 unspecified atom stereocenters. The minimum atomic E-state index is 0.572. The number of nitrogens with zero attached hydrogens (tertiary/aromatic N) is 2. The molecule has 3 N–H and O–H groups in total. The van der Waals surface area contributed by atoms with Crippen LogP contribution in [0.2, 0.25) is 5.02 Å². The molecule has 4 nitrogen and oxygen atoms in total. The van der Waals surface area contributed by atoms with Crippen LogP contribution >= 0.6 is 11.6 Å². The number of hydrogen-bond acceptors (Lipinski definition) is 3. The highest BCUT2D eigenvalue weighted by atomic mass is 35.5. The molecule has 0 atom stereocenters. The van der Waals surface area contributed by atoms with Gasteiger partial charge in [0.1, 0.15) is 0 Å². The highest BCUT2D eigenvalue weighted by molar-refractivity contribution is 6.30. The van der Waals surface area contributed by atoms with E-state index in [0.29, 0.717) is 13.1 Å². The van der Waals surface area contributed by atoms with Crippen molar-refractivity contribution in [2.75, 3.05) is 18.4 Å². The van der Waals surface area contributed by atoms with Gasteiger partial charge in [-0.1, -0.05) is 23.7 Å². The monoisotopic (exact) mass is 328 g/mol. The molecule has 1 aromatic heterocycles. The van der Waals surface area contributed by atoms with Crippen LogP contribution in [0.1, 0.15) is 16.7 Å². The van der Waals surface area contributed by atoms with E-state index in [4.69, 9.17) is 22.3 Å². The van der Waals surface area contributed by atoms with Gasteiger partial charge in [-0.3, -0.25) is 0 Å². The average Bonchev–Trinajstić information content (AvgIpc) is 2.85. The predicted molar refractivity (Wildman–Crippen MR) is 97.3 cm³/mol. The molecule has 0 spiro atoms. The summed E-state index contributed by atoms with van der Waals surface area (Å²) in [7, 11) is 0. The van der Waals surface area contributed by atoms with E-state index in [2.05, 4.69) is 35.9 Å². The fourth-order valence-electron chi connectivity index (χ4n) is 2.63. The molecule has 23 heavy (non-hydrogen) atoms. The minimum Gasteiger partial charge on any atom is -0.354 e. The Morgan fingerprint density at radius 2 is 1.83 bits per heavy atom. The molecule has 3 rings (SSSR count). The molecule has 0 aliphatic carbocycles. The molecular weight excluding hydrogens is 308 g/mol. The summed E-state index contributed by atoms with van der Waals surface area (Å²) in [6, 6.07) is 12.2. The summed E-state index contributed by atoms with van der Waals surface area (Å²) in [5, 5.41) is 4.07. The van der Waals surface area contributed by atoms with Crippen LogP contribution in [0.4, 0.5) is 5.95 Å². The minimum absolute atomic E-state index is 0.572. The van der Waals surface area contributed by atoms with Gasteiger partial charge in [-0.15, -0.1) is 0 Å². The van der Waals surface area contributed by atoms with Crippen molar-refractivity contribution in [1.29, 1.82) is 0 Å². The van der Waals surface area contributed by atoms with Crippen LogP contribution in [0, 0.1) is 13.8 Å². The molecule has 3 aromatic rings. The number of fused-ring (bicyclic) bond motifs is 1. The van der Waals surface area contributed by atoms with E-state index in [1.54, 1.807) is 0 Å². The third kappa shape index (κ3) is 3.33. The third-order valence-corrected chi connectivity index (χ3v) is 4.30. The lowest BCUT2D eigenvalue weighted by Gasteiger charge is -2.11. The Balaban J connectivity index is 2.07. The van der Waals surface area contributed by atoms with Crippen LogP contribution in [0.25, 0.3) is 11.0 Å². The van der Waals surface area contributed by atoms with Crippen LogP contribution in [-0.4, -0.2) is 22.6 Å². The number of benzene rings is 2. The second kappa shape index (κ2) is 6.60. The van der Waals surface area contributed by atoms with E-state index >= 15 is 0 Å². The molecule has 0 saturated carbocycles. The van der Waals surface area contributed by atoms with Crippen molar-refractivity contribution in [2.45, 2.75) is 20.4 Å². The van der Waals surface area contributed by atoms with Crippen molar-refractivity contribution in [2.24, 2.45) is 5.73 Å². The third-order valence-electron chi connectivity index (χ3n) is 4.05. The van der Waals surface area contributed by atoms with Crippen LogP contribution in [0.3, 0.4) is 0 Å². The first-order valence-corrected chi connectivity index (χ1v) is 8.12. The van der Waals surface area contributed by atoms with Crippen LogP contribution in [-0.2, 0) is 6.54 Å². The topological polar surface area (TPSA) is 55.9 Å². The number of imidazole rings is 1. The van der Waals surface area contributed by atoms with Crippen LogP contribution in [0.15, 0.2) is 36.4 Å². The van der Waals surface area contributed by atoms with E-state index in [0.717, 1.165) is 28.5 Å². The Kier molecular flexibility index (Phi) is 4.55. The quantitative estimate of drug-likeness (QED) is 0.750. The summed E-state index contributed by atoms with van der Waals surface area (Å²) in [5.41, 5.74) is 11.4. The van der Waals surface area contributed by atoms with Gasteiger partial charge in [-0.2, -0.15) is 0 Å². The largest absolute Gasteiger partial charge is 0.354 e. The van der Waals surface area contributed by atoms with Gasteiger partial charge in [-0.05, 0) is 54.8 Å². The van der Waals surface area contributed by atoms with Crippen molar-refractivity contribution in [1.82, 2.24) is 9.55 Å². The molecule has 5 heteroatoms. The van der Waals surface area contributed by atoms with Gasteiger partial charge < -0.3 is 15.6 Å². The van der Waals surface area contributed by atoms with Crippen molar-refractivity contribution in [3.8, 4) is 0 Å². The second-order valence-electron chi connectivity index (χ2n) is 5.79. The van der Waals surface area contributed by atoms with Crippen LogP contribution < -0.4 is 11.1 Å². The van der Waals surface area contributed by atoms with E-state index in [1.165, 1.54) is 16.7 Å². The first kappa shape index (κ1) is 15.8. The SMILES string of the molecule is Cc1cc2nc(NCCN)n(Cc3ccc(Cl)cc3)c2cc1C. The molecular formula is C18H21ClN4. The van der Waals surface area contributed by atoms with Crippen LogP contribution in [0.5, 0.6) is 0 Å². The van der Waals surface area contributed by atoms with E-state index in [-0.39, 0.29) is 0 Å². The highest BCUT2D eigenvalue weighted by Gasteiger charge is 2.12. The molecule has 0 bridgehead atoms. The van der Waals surface area contributed by atoms with E-state index < -0.39 is 0 Å². The maximum absolute atomic E-state index is 5.98. The number of rotatable bonds is 5. The van der Waals surface area contributed by atoms with Gasteiger partial charge >= 0.3 is 0 Å². The Morgan fingerprint density at radius 1 is 1.13 bits per heavy atom. The first-order chi connectivity index (χ1) is 11.1. The molecule has 0 fully saturated rings. The fraction of sp³-hybridized carbons (Fsp3) is 0.278. The molecule has 0 saturated heterocycles. The van der Waals surface area contributed by atoms with Gasteiger partial charge in [-0.25, -0.2) is 4.98 Å². The van der Waals surface area contributed by atoms with Crippen molar-refractivity contribution >= 4 is 28.6 Å². The van der Waals surface area contributed by atoms with E-state index in [1.807, 2.05) is 24.3 Å². The maximum atomic E-state index is 5.98. The average molecular weight is 329 g/mol. The summed E-state index contributed by atoms with van der Waals surface area (Å²) < 4.78 is 2.20. The van der Waals surface area contributed by atoms with Crippen molar-refractivity contribution < 1.29 is 0 Å². The smallest absolute Gasteiger partial charge is 0.204 e. The molecule has 120 valence electrons. The number of nitrogens with one attached hydrogen (secondary N) is 1. The zero-order valence-electron chi connectivity index (χ0n) is 13.4. The number of halogens is 1. The van der Waals surface area contributed by atoms with Gasteiger partial charge in [0.15, 0.2) is 0 Å². The fourth-order valence-corrected chi connectivity index (χ4v) is 2.76. The van der Waals surface area contributed by atoms with E-state index in [9.17, 15) is 0 Å². The molecule has 0 amide bonds. The summed E-state index contributed by atoms with van der Waals surface area (Å²) in [4.78, 5) is 4.74. The molecule has 2 aromatic carbocycles. The summed E-state index contributed by atoms with van der Waals surface area (Å²) in [5.74, 6) is 0.852. The standard InChI is InChI=1S/C18H21ClN4/c1-12-9-16-17(10-13(12)2)23(18(22-16)21-8-7-20)11-14-3-5-15(19)6-4-14/h3-6,9-10H,7-8,11,20H2,1-2H3,(H,21,22). The lowest BCUT2D eigenvalue weighted by molar-refractivity contribution is 0.820. The first-order valence-electron chi connectivity index (χ1n) is 7.74. The maximum Gasteiger partial charge on any atom is 0.204 e. The summed E-state index contributed by atoms with van der Waals surface area (Å²) in [6.45, 7) is 6.24. The zero-order chi connectivity index (χ0) is 16.4. The highest BCUT2D eigenvalue weighted by Crippen LogP contribution is 2.24. The number of anilines is 1. The van der Waals surface area contributed by atoms with Gasteiger partial charge in [0.05, 0.1) is 17.6 Å². The Hall–Kier alpha value is -2.04. The normalized spacial score (nSPS) is 11.1. The second-order valence-corrected chi connectivity index (χ2v) is 6.23. The lowest BCUT2D eigenvalue weighted by atomic mass is 10.1. The molecule has 1 heterocycles. The lowest BCUT2D eigenvalue weighted by Crippen LogP contribution is -2.16. The molecule has 0 aliphatic rings. The number of hydrogen-bond donors (Lipinski definition) is 2. The Labute approximate surface area is 141 Å². The van der Waals surface area contributed by atoms with Gasteiger partial charge in [0, 0.05) is 18.1 Å². The van der Waals surface area contributed by atoms with Crippen molar-refractivity contribution in [3.05, 3.63) is 58.1 Å². The predicted octanol–water partition coefficient (Wildman–Crippen LogP) is 3.73. The number of nitrogens with two attached hydrogens (primary N) is 1. The summed E-state index contributed by atoms with van der Waals surface area (Å²) >= 11 is 5.98. The number of aromatic nitrogens is 2. The van der Waals surface area contributed by atoms with Crippen molar-refractivity contribution in [3.63, 3.8) is 0 Å². The molecule has 0 radical (unpaired) electrons. The molecule has 0 aliphatic heterocycles.